The molecule has 0 unspecified atom stereocenters. The van der Waals surface area contributed by atoms with Gasteiger partial charge in [0.25, 0.3) is 5.91 Å². The SMILES string of the molecule is CCOP(=O)(COc1ccc(C(=O)NC)c2c1-c1ncsc1C2)OCC. The highest BCUT2D eigenvalue weighted by Crippen LogP contribution is 2.50. The van der Waals surface area contributed by atoms with Gasteiger partial charge in [-0.15, -0.1) is 11.3 Å². The summed E-state index contributed by atoms with van der Waals surface area (Å²) in [5.41, 5.74) is 4.84. The molecule has 3 rings (SSSR count). The molecule has 1 heterocycles. The van der Waals surface area contributed by atoms with E-state index in [2.05, 4.69) is 10.3 Å². The molecule has 0 saturated carbocycles. The lowest BCUT2D eigenvalue weighted by atomic mass is 10.0. The lowest BCUT2D eigenvalue weighted by molar-refractivity contribution is 0.0962. The number of hydrogen-bond acceptors (Lipinski definition) is 7. The summed E-state index contributed by atoms with van der Waals surface area (Å²) in [6, 6.07) is 3.43. The Hall–Kier alpha value is -1.73. The van der Waals surface area contributed by atoms with Crippen LogP contribution in [0.2, 0.25) is 0 Å². The predicted octanol–water partition coefficient (Wildman–Crippen LogP) is 3.68. The van der Waals surface area contributed by atoms with Crippen LogP contribution in [-0.2, 0) is 20.0 Å². The third kappa shape index (κ3) is 3.55. The first-order valence-electron chi connectivity index (χ1n) is 8.34. The second-order valence-electron chi connectivity index (χ2n) is 5.56. The van der Waals surface area contributed by atoms with E-state index in [1.54, 1.807) is 49.9 Å². The van der Waals surface area contributed by atoms with Gasteiger partial charge >= 0.3 is 7.60 Å². The third-order valence-corrected chi connectivity index (χ3v) is 6.57. The number of aromatic nitrogens is 1. The summed E-state index contributed by atoms with van der Waals surface area (Å²) in [6.07, 6.45) is 0.434. The Morgan fingerprint density at radius 2 is 2.04 bits per heavy atom. The van der Waals surface area contributed by atoms with E-state index >= 15 is 0 Å². The summed E-state index contributed by atoms with van der Waals surface area (Å²) < 4.78 is 29.0. The smallest absolute Gasteiger partial charge is 0.367 e. The maximum atomic E-state index is 12.7. The minimum Gasteiger partial charge on any atom is -0.480 e. The number of carbonyl (C=O) groups is 1. The first-order valence-corrected chi connectivity index (χ1v) is 10.9. The summed E-state index contributed by atoms with van der Waals surface area (Å²) in [5, 5.41) is 2.66. The fourth-order valence-electron chi connectivity index (χ4n) is 2.95. The number of nitrogens with zero attached hydrogens (tertiary/aromatic N) is 1. The molecule has 0 atom stereocenters. The molecule has 9 heteroatoms. The van der Waals surface area contributed by atoms with E-state index in [0.717, 1.165) is 21.7 Å². The topological polar surface area (TPSA) is 86.8 Å². The highest BCUT2D eigenvalue weighted by atomic mass is 32.1. The fraction of sp³-hybridized carbons (Fsp3) is 0.412. The van der Waals surface area contributed by atoms with E-state index in [0.29, 0.717) is 17.7 Å². The first kappa shape index (κ1) is 19.0. The van der Waals surface area contributed by atoms with Crippen molar-refractivity contribution in [1.29, 1.82) is 0 Å². The summed E-state index contributed by atoms with van der Waals surface area (Å²) in [4.78, 5) is 17.7. The van der Waals surface area contributed by atoms with Gasteiger partial charge in [-0.1, -0.05) is 0 Å². The monoisotopic (exact) mass is 396 g/mol. The standard InChI is InChI=1S/C17H21N2O5PS/c1-4-23-25(21,24-5-2)10-22-13-7-6-11(17(20)18-3)12-8-14-16(15(12)13)19-9-26-14/h6-7,9H,4-5,8,10H2,1-3H3,(H,18,20). The van der Waals surface area contributed by atoms with Gasteiger partial charge in [-0.05, 0) is 31.5 Å². The molecule has 1 aromatic heterocycles. The number of benzene rings is 1. The van der Waals surface area contributed by atoms with E-state index in [1.807, 2.05) is 0 Å². The van der Waals surface area contributed by atoms with Gasteiger partial charge in [-0.3, -0.25) is 9.36 Å². The van der Waals surface area contributed by atoms with E-state index in [1.165, 1.54) is 0 Å². The Bertz CT molecular complexity index is 857. The maximum absolute atomic E-state index is 12.7. The van der Waals surface area contributed by atoms with Crippen LogP contribution in [0.15, 0.2) is 17.6 Å². The normalized spacial score (nSPS) is 12.6. The van der Waals surface area contributed by atoms with Crippen LogP contribution in [0.1, 0.15) is 34.6 Å². The Morgan fingerprint density at radius 3 is 2.69 bits per heavy atom. The Kier molecular flexibility index (Phi) is 5.77. The van der Waals surface area contributed by atoms with Crippen molar-refractivity contribution in [3.05, 3.63) is 33.6 Å². The Morgan fingerprint density at radius 1 is 1.31 bits per heavy atom. The molecule has 0 radical (unpaired) electrons. The minimum atomic E-state index is -3.34. The zero-order chi connectivity index (χ0) is 18.7. The second-order valence-corrected chi connectivity index (χ2v) is 8.50. The lowest BCUT2D eigenvalue weighted by Gasteiger charge is -2.19. The second kappa shape index (κ2) is 7.88. The summed E-state index contributed by atoms with van der Waals surface area (Å²) >= 11 is 1.54. The van der Waals surface area contributed by atoms with E-state index in [4.69, 9.17) is 13.8 Å². The van der Waals surface area contributed by atoms with Crippen molar-refractivity contribution in [2.45, 2.75) is 20.3 Å². The molecule has 1 N–H and O–H groups in total. The fourth-order valence-corrected chi connectivity index (χ4v) is 5.04. The zero-order valence-corrected chi connectivity index (χ0v) is 16.6. The number of amides is 1. The van der Waals surface area contributed by atoms with Crippen LogP contribution in [0.25, 0.3) is 11.3 Å². The molecular weight excluding hydrogens is 375 g/mol. The maximum Gasteiger partial charge on any atom is 0.367 e. The number of rotatable bonds is 8. The molecule has 0 saturated heterocycles. The van der Waals surface area contributed by atoms with Crippen LogP contribution < -0.4 is 10.1 Å². The number of fused-ring (bicyclic) bond motifs is 3. The molecule has 1 aliphatic carbocycles. The van der Waals surface area contributed by atoms with Gasteiger partial charge in [-0.2, -0.15) is 0 Å². The van der Waals surface area contributed by atoms with Gasteiger partial charge in [0.15, 0.2) is 6.35 Å². The van der Waals surface area contributed by atoms with Crippen molar-refractivity contribution in [2.75, 3.05) is 26.6 Å². The first-order chi connectivity index (χ1) is 12.5. The highest BCUT2D eigenvalue weighted by molar-refractivity contribution is 7.53. The van der Waals surface area contributed by atoms with Gasteiger partial charge < -0.3 is 19.1 Å². The molecule has 26 heavy (non-hydrogen) atoms. The number of hydrogen-bond donors (Lipinski definition) is 1. The Labute approximate surface area is 156 Å². The van der Waals surface area contributed by atoms with Crippen LogP contribution in [0, 0.1) is 0 Å². The summed E-state index contributed by atoms with van der Waals surface area (Å²) in [5.74, 6) is 0.370. The number of ether oxygens (including phenoxy) is 1. The van der Waals surface area contributed by atoms with Crippen molar-refractivity contribution >= 4 is 24.8 Å². The molecule has 1 aromatic carbocycles. The molecule has 0 aliphatic heterocycles. The average molecular weight is 396 g/mol. The van der Waals surface area contributed by atoms with Crippen LogP contribution in [-0.4, -0.2) is 37.5 Å². The number of nitrogens with one attached hydrogen (secondary N) is 1. The number of thiazole rings is 1. The molecule has 0 spiro atoms. The zero-order valence-electron chi connectivity index (χ0n) is 14.9. The van der Waals surface area contributed by atoms with Gasteiger partial charge in [0.1, 0.15) is 5.75 Å². The van der Waals surface area contributed by atoms with E-state index in [9.17, 15) is 9.36 Å². The summed E-state index contributed by atoms with van der Waals surface area (Å²) in [7, 11) is -1.74. The molecule has 0 bridgehead atoms. The van der Waals surface area contributed by atoms with Crippen LogP contribution >= 0.6 is 18.9 Å². The molecule has 1 amide bonds. The van der Waals surface area contributed by atoms with E-state index < -0.39 is 7.60 Å². The highest BCUT2D eigenvalue weighted by Gasteiger charge is 2.31. The van der Waals surface area contributed by atoms with Gasteiger partial charge in [0, 0.05) is 29.5 Å². The van der Waals surface area contributed by atoms with Gasteiger partial charge in [0.05, 0.1) is 24.4 Å². The van der Waals surface area contributed by atoms with Crippen LogP contribution in [0.5, 0.6) is 5.75 Å². The van der Waals surface area contributed by atoms with Crippen molar-refractivity contribution in [2.24, 2.45) is 0 Å². The minimum absolute atomic E-state index is 0.155. The molecule has 140 valence electrons. The molecule has 2 aromatic rings. The largest absolute Gasteiger partial charge is 0.480 e. The van der Waals surface area contributed by atoms with Gasteiger partial charge in [0.2, 0.25) is 0 Å². The third-order valence-electron chi connectivity index (χ3n) is 3.99. The van der Waals surface area contributed by atoms with E-state index in [-0.39, 0.29) is 25.5 Å². The quantitative estimate of drug-likeness (QED) is 0.585. The van der Waals surface area contributed by atoms with Crippen molar-refractivity contribution < 1.29 is 23.1 Å². The van der Waals surface area contributed by atoms with Crippen molar-refractivity contribution in [3.63, 3.8) is 0 Å². The number of carbonyl (C=O) groups excluding carboxylic acids is 1. The van der Waals surface area contributed by atoms with Crippen LogP contribution in [0.3, 0.4) is 0 Å². The van der Waals surface area contributed by atoms with Crippen molar-refractivity contribution in [1.82, 2.24) is 10.3 Å². The van der Waals surface area contributed by atoms with Crippen LogP contribution in [0.4, 0.5) is 0 Å². The Balaban J connectivity index is 1.96. The molecule has 1 aliphatic rings. The van der Waals surface area contributed by atoms with Gasteiger partial charge in [-0.25, -0.2) is 4.98 Å². The molecule has 7 nitrogen and oxygen atoms in total. The molecular formula is C17H21N2O5PS. The van der Waals surface area contributed by atoms with Crippen molar-refractivity contribution in [3.8, 4) is 17.0 Å². The predicted molar refractivity (Wildman–Crippen MR) is 100 cm³/mol. The molecule has 0 fully saturated rings. The summed E-state index contributed by atoms with van der Waals surface area (Å²) in [6.45, 7) is 4.04. The lowest BCUT2D eigenvalue weighted by Crippen LogP contribution is -2.19. The average Bonchev–Trinajstić information content (AvgIpc) is 3.20.